The second kappa shape index (κ2) is 6.14. The van der Waals surface area contributed by atoms with Crippen LogP contribution in [0.2, 0.25) is 0 Å². The molecule has 4 heteroatoms. The van der Waals surface area contributed by atoms with Gasteiger partial charge in [0.05, 0.1) is 6.61 Å². The van der Waals surface area contributed by atoms with Crippen molar-refractivity contribution >= 4 is 17.7 Å². The number of nitrogens with two attached hydrogens (primary N) is 1. The number of esters is 1. The number of ether oxygens (including phenoxy) is 1. The smallest absolute Gasteiger partial charge is 0.354 e. The van der Waals surface area contributed by atoms with Gasteiger partial charge in [-0.3, -0.25) is 0 Å². The first-order valence-corrected chi connectivity index (χ1v) is 5.46. The summed E-state index contributed by atoms with van der Waals surface area (Å²) in [5, 5.41) is 1.59. The van der Waals surface area contributed by atoms with Crippen molar-refractivity contribution in [2.45, 2.75) is 11.8 Å². The van der Waals surface area contributed by atoms with Gasteiger partial charge in [-0.1, -0.05) is 30.0 Å². The molecule has 0 saturated heterocycles. The molecule has 3 nitrogen and oxygen atoms in total. The average molecular weight is 223 g/mol. The lowest BCUT2D eigenvalue weighted by Crippen LogP contribution is -2.14. The Morgan fingerprint density at radius 2 is 2.13 bits per heavy atom. The molecule has 0 aromatic heterocycles. The molecule has 1 aromatic rings. The minimum absolute atomic E-state index is 0.130. The van der Waals surface area contributed by atoms with Crippen molar-refractivity contribution in [2.75, 3.05) is 6.61 Å². The summed E-state index contributed by atoms with van der Waals surface area (Å²) in [4.78, 5) is 12.2. The molecule has 2 N–H and O–H groups in total. The molecule has 0 saturated carbocycles. The number of carbonyl (C=O) groups is 1. The van der Waals surface area contributed by atoms with Crippen molar-refractivity contribution in [2.24, 2.45) is 5.73 Å². The highest BCUT2D eigenvalue weighted by molar-refractivity contribution is 8.02. The topological polar surface area (TPSA) is 52.3 Å². The van der Waals surface area contributed by atoms with Crippen molar-refractivity contribution in [3.63, 3.8) is 0 Å². The van der Waals surface area contributed by atoms with E-state index in [2.05, 4.69) is 0 Å². The van der Waals surface area contributed by atoms with E-state index >= 15 is 0 Å². The van der Waals surface area contributed by atoms with Crippen molar-refractivity contribution in [3.05, 3.63) is 41.4 Å². The minimum atomic E-state index is -0.471. The second-order valence-corrected chi connectivity index (χ2v) is 3.67. The van der Waals surface area contributed by atoms with E-state index in [1.54, 1.807) is 12.3 Å². The number of thioether (sulfide) groups is 1. The standard InChI is InChI=1S/C11H13NO2S/c1-2-14-11(13)10(12)8-15-9-6-4-3-5-7-9/h3-8H,2,12H2,1H3/b10-8-. The lowest BCUT2D eigenvalue weighted by Gasteiger charge is -2.01. The third kappa shape index (κ3) is 4.08. The van der Waals surface area contributed by atoms with Gasteiger partial charge >= 0.3 is 5.97 Å². The highest BCUT2D eigenvalue weighted by Crippen LogP contribution is 2.18. The van der Waals surface area contributed by atoms with Crippen LogP contribution in [-0.2, 0) is 9.53 Å². The van der Waals surface area contributed by atoms with Crippen molar-refractivity contribution in [3.8, 4) is 0 Å². The zero-order valence-corrected chi connectivity index (χ0v) is 9.29. The lowest BCUT2D eigenvalue weighted by molar-refractivity contribution is -0.138. The van der Waals surface area contributed by atoms with E-state index in [0.29, 0.717) is 6.61 Å². The Labute approximate surface area is 93.3 Å². The molecular formula is C11H13NO2S. The minimum Gasteiger partial charge on any atom is -0.461 e. The molecule has 0 aliphatic heterocycles. The zero-order chi connectivity index (χ0) is 11.1. The summed E-state index contributed by atoms with van der Waals surface area (Å²) in [6.07, 6.45) is 0. The number of carbonyl (C=O) groups excluding carboxylic acids is 1. The van der Waals surface area contributed by atoms with Crippen LogP contribution in [0.25, 0.3) is 0 Å². The van der Waals surface area contributed by atoms with Gasteiger partial charge in [-0.25, -0.2) is 4.79 Å². The second-order valence-electron chi connectivity index (χ2n) is 2.72. The monoisotopic (exact) mass is 223 g/mol. The molecule has 0 aliphatic carbocycles. The summed E-state index contributed by atoms with van der Waals surface area (Å²) in [5.74, 6) is -0.471. The average Bonchev–Trinajstić information content (AvgIpc) is 2.27. The van der Waals surface area contributed by atoms with Crippen LogP contribution in [0.4, 0.5) is 0 Å². The Hall–Kier alpha value is -1.42. The summed E-state index contributed by atoms with van der Waals surface area (Å²) in [5.41, 5.74) is 5.65. The van der Waals surface area contributed by atoms with E-state index in [1.807, 2.05) is 30.3 Å². The van der Waals surface area contributed by atoms with Gasteiger partial charge in [-0.2, -0.15) is 0 Å². The maximum absolute atomic E-state index is 11.1. The van der Waals surface area contributed by atoms with Crippen molar-refractivity contribution in [1.29, 1.82) is 0 Å². The van der Waals surface area contributed by atoms with Crippen molar-refractivity contribution in [1.82, 2.24) is 0 Å². The van der Waals surface area contributed by atoms with Crippen LogP contribution in [0.5, 0.6) is 0 Å². The summed E-state index contributed by atoms with van der Waals surface area (Å²) >= 11 is 1.39. The molecule has 0 unspecified atom stereocenters. The first kappa shape index (κ1) is 11.7. The molecule has 0 aliphatic rings. The summed E-state index contributed by atoms with van der Waals surface area (Å²) in [6.45, 7) is 2.08. The van der Waals surface area contributed by atoms with Gasteiger partial charge in [-0.05, 0) is 19.1 Å². The molecule has 0 radical (unpaired) electrons. The van der Waals surface area contributed by atoms with Crippen LogP contribution < -0.4 is 5.73 Å². The van der Waals surface area contributed by atoms with Gasteiger partial charge in [-0.15, -0.1) is 0 Å². The Balaban J connectivity index is 2.54. The largest absolute Gasteiger partial charge is 0.461 e. The Morgan fingerprint density at radius 3 is 2.73 bits per heavy atom. The van der Waals surface area contributed by atoms with Gasteiger partial charge in [0.1, 0.15) is 5.70 Å². The molecule has 1 rings (SSSR count). The zero-order valence-electron chi connectivity index (χ0n) is 8.47. The SMILES string of the molecule is CCOC(=O)/C(N)=C/Sc1ccccc1. The van der Waals surface area contributed by atoms with Crippen LogP contribution in [0.1, 0.15) is 6.92 Å². The van der Waals surface area contributed by atoms with Crippen molar-refractivity contribution < 1.29 is 9.53 Å². The van der Waals surface area contributed by atoms with Crippen LogP contribution in [0, 0.1) is 0 Å². The van der Waals surface area contributed by atoms with Crippen LogP contribution in [0.3, 0.4) is 0 Å². The molecule has 0 spiro atoms. The number of rotatable bonds is 4. The lowest BCUT2D eigenvalue weighted by atomic mass is 10.4. The van der Waals surface area contributed by atoms with Crippen LogP contribution >= 0.6 is 11.8 Å². The fraction of sp³-hybridized carbons (Fsp3) is 0.182. The summed E-state index contributed by atoms with van der Waals surface area (Å²) in [6, 6.07) is 9.68. The predicted octanol–water partition coefficient (Wildman–Crippen LogP) is 2.14. The number of hydrogen-bond donors (Lipinski definition) is 1. The van der Waals surface area contributed by atoms with E-state index in [4.69, 9.17) is 10.5 Å². The first-order chi connectivity index (χ1) is 7.24. The van der Waals surface area contributed by atoms with E-state index < -0.39 is 5.97 Å². The maximum Gasteiger partial charge on any atom is 0.354 e. The van der Waals surface area contributed by atoms with E-state index in [9.17, 15) is 4.79 Å². The molecule has 1 aromatic carbocycles. The molecule has 0 bridgehead atoms. The van der Waals surface area contributed by atoms with Gasteiger partial charge in [0, 0.05) is 10.3 Å². The molecule has 80 valence electrons. The molecule has 15 heavy (non-hydrogen) atoms. The third-order valence-corrected chi connectivity index (χ3v) is 2.49. The molecule has 0 fully saturated rings. The fourth-order valence-electron chi connectivity index (χ4n) is 0.893. The Bertz CT molecular complexity index is 349. The van der Waals surface area contributed by atoms with Gasteiger partial charge in [0.25, 0.3) is 0 Å². The molecule has 0 heterocycles. The van der Waals surface area contributed by atoms with Crippen LogP contribution in [-0.4, -0.2) is 12.6 Å². The van der Waals surface area contributed by atoms with Gasteiger partial charge in [0.15, 0.2) is 0 Å². The van der Waals surface area contributed by atoms with Gasteiger partial charge < -0.3 is 10.5 Å². The number of benzene rings is 1. The first-order valence-electron chi connectivity index (χ1n) is 4.58. The van der Waals surface area contributed by atoms with E-state index in [0.717, 1.165) is 4.90 Å². The third-order valence-electron chi connectivity index (χ3n) is 1.58. The molecule has 0 atom stereocenters. The maximum atomic E-state index is 11.1. The Kier molecular flexibility index (Phi) is 4.77. The predicted molar refractivity (Wildman–Crippen MR) is 61.2 cm³/mol. The molecule has 0 amide bonds. The summed E-state index contributed by atoms with van der Waals surface area (Å²) < 4.78 is 4.75. The highest BCUT2D eigenvalue weighted by atomic mass is 32.2. The van der Waals surface area contributed by atoms with Crippen LogP contribution in [0.15, 0.2) is 46.3 Å². The van der Waals surface area contributed by atoms with Gasteiger partial charge in [0.2, 0.25) is 0 Å². The van der Waals surface area contributed by atoms with E-state index in [-0.39, 0.29) is 5.70 Å². The van der Waals surface area contributed by atoms with E-state index in [1.165, 1.54) is 11.8 Å². The Morgan fingerprint density at radius 1 is 1.47 bits per heavy atom. The molecular weight excluding hydrogens is 210 g/mol. The quantitative estimate of drug-likeness (QED) is 0.482. The number of hydrogen-bond acceptors (Lipinski definition) is 4. The fourth-order valence-corrected chi connectivity index (χ4v) is 1.57. The summed E-state index contributed by atoms with van der Waals surface area (Å²) in [7, 11) is 0. The highest BCUT2D eigenvalue weighted by Gasteiger charge is 2.04. The normalized spacial score (nSPS) is 11.1.